The lowest BCUT2D eigenvalue weighted by atomic mass is 10.2. The van der Waals surface area contributed by atoms with E-state index in [-0.39, 0.29) is 11.6 Å². The van der Waals surface area contributed by atoms with Crippen LogP contribution in [0.4, 0.5) is 5.69 Å². The Morgan fingerprint density at radius 1 is 1.08 bits per heavy atom. The van der Waals surface area contributed by atoms with Crippen molar-refractivity contribution < 1.29 is 4.79 Å². The summed E-state index contributed by atoms with van der Waals surface area (Å²) in [4.78, 5) is 28.7. The van der Waals surface area contributed by atoms with Crippen molar-refractivity contribution in [1.29, 1.82) is 0 Å². The quantitative estimate of drug-likeness (QED) is 0.611. The first-order valence-corrected chi connectivity index (χ1v) is 7.45. The number of carbonyl (C=O) groups excluding carboxylic acids is 1. The molecule has 0 unspecified atom stereocenters. The fourth-order valence-electron chi connectivity index (χ4n) is 2.82. The number of carbonyl (C=O) groups is 1. The van der Waals surface area contributed by atoms with Crippen molar-refractivity contribution in [3.8, 4) is 0 Å². The van der Waals surface area contributed by atoms with Gasteiger partial charge in [-0.15, -0.1) is 0 Å². The monoisotopic (exact) mass is 321 g/mol. The maximum atomic E-state index is 12.4. The highest BCUT2D eigenvalue weighted by Gasteiger charge is 2.13. The van der Waals surface area contributed by atoms with Gasteiger partial charge in [-0.05, 0) is 30.3 Å². The third kappa shape index (κ3) is 2.10. The molecule has 4 rings (SSSR count). The molecular formula is C17H15N5O2. The van der Waals surface area contributed by atoms with E-state index in [1.165, 1.54) is 0 Å². The lowest BCUT2D eigenvalue weighted by Gasteiger charge is -2.04. The first kappa shape index (κ1) is 14.3. The van der Waals surface area contributed by atoms with Crippen molar-refractivity contribution >= 4 is 28.3 Å². The van der Waals surface area contributed by atoms with E-state index in [1.807, 2.05) is 30.5 Å². The Morgan fingerprint density at radius 2 is 1.88 bits per heavy atom. The average Bonchev–Trinajstić information content (AvgIpc) is 3.11. The Kier molecular flexibility index (Phi) is 3.02. The molecular weight excluding hydrogens is 306 g/mol. The third-order valence-corrected chi connectivity index (χ3v) is 4.13. The number of anilines is 1. The number of aryl methyl sites for hydroxylation is 2. The van der Waals surface area contributed by atoms with E-state index in [2.05, 4.69) is 10.3 Å². The van der Waals surface area contributed by atoms with Crippen LogP contribution >= 0.6 is 0 Å². The molecule has 0 atom stereocenters. The molecule has 0 fully saturated rings. The number of hydrogen-bond donors (Lipinski definition) is 1. The van der Waals surface area contributed by atoms with Crippen LogP contribution in [-0.2, 0) is 14.1 Å². The van der Waals surface area contributed by atoms with Crippen LogP contribution in [0.3, 0.4) is 0 Å². The molecule has 0 radical (unpaired) electrons. The zero-order valence-corrected chi connectivity index (χ0v) is 13.2. The number of amides is 1. The normalized spacial score (nSPS) is 11.2. The molecule has 7 nitrogen and oxygen atoms in total. The zero-order chi connectivity index (χ0) is 16.8. The second-order valence-electron chi connectivity index (χ2n) is 5.65. The Bertz CT molecular complexity index is 1120. The molecule has 120 valence electrons. The second kappa shape index (κ2) is 5.09. The lowest BCUT2D eigenvalue weighted by Crippen LogP contribution is -2.19. The first-order chi connectivity index (χ1) is 11.5. The number of pyridine rings is 1. The molecule has 0 spiro atoms. The minimum absolute atomic E-state index is 0.103. The SMILES string of the molecule is Cn1c(=O)n(C)c2cc(NC(=O)c3cn4ccccc4n3)ccc21. The van der Waals surface area contributed by atoms with E-state index >= 15 is 0 Å². The van der Waals surface area contributed by atoms with Gasteiger partial charge in [0.2, 0.25) is 0 Å². The van der Waals surface area contributed by atoms with Gasteiger partial charge in [0.1, 0.15) is 11.3 Å². The minimum atomic E-state index is -0.293. The van der Waals surface area contributed by atoms with Crippen LogP contribution in [0.15, 0.2) is 53.6 Å². The van der Waals surface area contributed by atoms with Gasteiger partial charge in [-0.25, -0.2) is 9.78 Å². The topological polar surface area (TPSA) is 73.3 Å². The summed E-state index contributed by atoms with van der Waals surface area (Å²) in [5.74, 6) is -0.293. The second-order valence-corrected chi connectivity index (χ2v) is 5.65. The van der Waals surface area contributed by atoms with Crippen molar-refractivity contribution in [2.75, 3.05) is 5.32 Å². The molecule has 24 heavy (non-hydrogen) atoms. The van der Waals surface area contributed by atoms with E-state index in [9.17, 15) is 9.59 Å². The smallest absolute Gasteiger partial charge is 0.321 e. The number of benzene rings is 1. The molecule has 7 heteroatoms. The van der Waals surface area contributed by atoms with Gasteiger partial charge in [0.15, 0.2) is 0 Å². The molecule has 1 N–H and O–H groups in total. The summed E-state index contributed by atoms with van der Waals surface area (Å²) in [7, 11) is 3.43. The minimum Gasteiger partial charge on any atom is -0.321 e. The molecule has 3 aromatic heterocycles. The van der Waals surface area contributed by atoms with E-state index in [4.69, 9.17) is 0 Å². The van der Waals surface area contributed by atoms with Gasteiger partial charge in [0.25, 0.3) is 5.91 Å². The highest BCUT2D eigenvalue weighted by molar-refractivity contribution is 6.04. The molecule has 0 aliphatic rings. The van der Waals surface area contributed by atoms with Gasteiger partial charge in [-0.2, -0.15) is 0 Å². The summed E-state index contributed by atoms with van der Waals surface area (Å²) in [5, 5.41) is 2.83. The van der Waals surface area contributed by atoms with Crippen LogP contribution < -0.4 is 11.0 Å². The maximum absolute atomic E-state index is 12.4. The predicted molar refractivity (Wildman–Crippen MR) is 91.3 cm³/mol. The molecule has 4 aromatic rings. The van der Waals surface area contributed by atoms with Crippen molar-refractivity contribution in [2.24, 2.45) is 14.1 Å². The van der Waals surface area contributed by atoms with E-state index in [0.717, 1.165) is 11.0 Å². The van der Waals surface area contributed by atoms with Gasteiger partial charge in [0.05, 0.1) is 11.0 Å². The number of nitrogens with one attached hydrogen (secondary N) is 1. The fraction of sp³-hybridized carbons (Fsp3) is 0.118. The summed E-state index contributed by atoms with van der Waals surface area (Å²) in [5.41, 5.74) is 3.13. The largest absolute Gasteiger partial charge is 0.328 e. The van der Waals surface area contributed by atoms with Crippen LogP contribution in [-0.4, -0.2) is 24.4 Å². The van der Waals surface area contributed by atoms with E-state index < -0.39 is 0 Å². The van der Waals surface area contributed by atoms with E-state index in [1.54, 1.807) is 46.0 Å². The summed E-state index contributed by atoms with van der Waals surface area (Å²) in [6.45, 7) is 0. The fourth-order valence-corrected chi connectivity index (χ4v) is 2.82. The molecule has 0 saturated carbocycles. The Hall–Kier alpha value is -3.35. The molecule has 0 bridgehead atoms. The van der Waals surface area contributed by atoms with Crippen LogP contribution in [0.2, 0.25) is 0 Å². The predicted octanol–water partition coefficient (Wildman–Crippen LogP) is 1.78. The molecule has 0 aliphatic heterocycles. The standard InChI is InChI=1S/C17H15N5O2/c1-20-13-7-6-11(9-14(13)21(2)17(20)24)18-16(23)12-10-22-8-4-3-5-15(22)19-12/h3-10H,1-2H3,(H,18,23). The highest BCUT2D eigenvalue weighted by atomic mass is 16.2. The van der Waals surface area contributed by atoms with Gasteiger partial charge in [0, 0.05) is 32.2 Å². The maximum Gasteiger partial charge on any atom is 0.328 e. The molecule has 1 aromatic carbocycles. The zero-order valence-electron chi connectivity index (χ0n) is 13.2. The highest BCUT2D eigenvalue weighted by Crippen LogP contribution is 2.18. The number of hydrogen-bond acceptors (Lipinski definition) is 3. The van der Waals surface area contributed by atoms with Crippen molar-refractivity contribution in [3.05, 3.63) is 65.0 Å². The number of rotatable bonds is 2. The molecule has 0 aliphatic carbocycles. The van der Waals surface area contributed by atoms with Gasteiger partial charge in [-0.1, -0.05) is 6.07 Å². The van der Waals surface area contributed by atoms with Crippen LogP contribution in [0.25, 0.3) is 16.7 Å². The Labute approximate surface area is 136 Å². The number of nitrogens with zero attached hydrogens (tertiary/aromatic N) is 4. The van der Waals surface area contributed by atoms with Gasteiger partial charge in [-0.3, -0.25) is 13.9 Å². The lowest BCUT2D eigenvalue weighted by molar-refractivity contribution is 0.102. The molecule has 3 heterocycles. The third-order valence-electron chi connectivity index (χ3n) is 4.13. The number of imidazole rings is 2. The van der Waals surface area contributed by atoms with Crippen LogP contribution in [0.5, 0.6) is 0 Å². The first-order valence-electron chi connectivity index (χ1n) is 7.45. The van der Waals surface area contributed by atoms with Crippen molar-refractivity contribution in [3.63, 3.8) is 0 Å². The Morgan fingerprint density at radius 3 is 2.67 bits per heavy atom. The van der Waals surface area contributed by atoms with Gasteiger partial charge < -0.3 is 9.72 Å². The Balaban J connectivity index is 1.69. The summed E-state index contributed by atoms with van der Waals surface area (Å²) in [6.07, 6.45) is 3.52. The summed E-state index contributed by atoms with van der Waals surface area (Å²) >= 11 is 0. The average molecular weight is 321 g/mol. The number of fused-ring (bicyclic) bond motifs is 2. The number of aromatic nitrogens is 4. The van der Waals surface area contributed by atoms with Crippen LogP contribution in [0.1, 0.15) is 10.5 Å². The molecule has 0 saturated heterocycles. The van der Waals surface area contributed by atoms with Crippen molar-refractivity contribution in [1.82, 2.24) is 18.5 Å². The van der Waals surface area contributed by atoms with Crippen molar-refractivity contribution in [2.45, 2.75) is 0 Å². The van der Waals surface area contributed by atoms with Gasteiger partial charge >= 0.3 is 5.69 Å². The van der Waals surface area contributed by atoms with Crippen LogP contribution in [0, 0.1) is 0 Å². The molecule has 1 amide bonds. The van der Waals surface area contributed by atoms with E-state index in [0.29, 0.717) is 17.0 Å². The summed E-state index contributed by atoms with van der Waals surface area (Å²) < 4.78 is 4.91. The summed E-state index contributed by atoms with van der Waals surface area (Å²) in [6, 6.07) is 11.0.